The summed E-state index contributed by atoms with van der Waals surface area (Å²) in [5.74, 6) is 1.59. The molecule has 0 aromatic heterocycles. The van der Waals surface area contributed by atoms with Gasteiger partial charge in [-0.15, -0.1) is 12.4 Å². The van der Waals surface area contributed by atoms with Crippen LogP contribution >= 0.6 is 12.4 Å². The average molecular weight is 301 g/mol. The lowest BCUT2D eigenvalue weighted by atomic mass is 10.1. The van der Waals surface area contributed by atoms with Gasteiger partial charge in [0.25, 0.3) is 0 Å². The summed E-state index contributed by atoms with van der Waals surface area (Å²) in [6.45, 7) is 2.65. The first-order valence-corrected chi connectivity index (χ1v) is 6.48. The summed E-state index contributed by atoms with van der Waals surface area (Å²) in [6.07, 6.45) is 0.386. The molecule has 0 atom stereocenters. The van der Waals surface area contributed by atoms with Crippen LogP contribution in [0.3, 0.4) is 0 Å². The Kier molecular flexibility index (Phi) is 6.61. The van der Waals surface area contributed by atoms with E-state index < -0.39 is 0 Å². The van der Waals surface area contributed by atoms with Crippen molar-refractivity contribution in [1.29, 1.82) is 0 Å². The molecule has 1 aliphatic rings. The Balaban J connectivity index is 0.00000200. The van der Waals surface area contributed by atoms with Gasteiger partial charge in [0, 0.05) is 20.1 Å². The van der Waals surface area contributed by atoms with Crippen molar-refractivity contribution in [3.05, 3.63) is 23.8 Å². The normalized spacial score (nSPS) is 12.5. The van der Waals surface area contributed by atoms with Gasteiger partial charge in [-0.3, -0.25) is 4.79 Å². The molecule has 0 radical (unpaired) electrons. The van der Waals surface area contributed by atoms with E-state index in [1.54, 1.807) is 4.90 Å². The van der Waals surface area contributed by atoms with Gasteiger partial charge in [0.05, 0.1) is 6.42 Å². The lowest BCUT2D eigenvalue weighted by Gasteiger charge is -2.20. The number of ether oxygens (including phenoxy) is 2. The molecule has 2 rings (SSSR count). The van der Waals surface area contributed by atoms with E-state index in [9.17, 15) is 4.79 Å². The number of hydrogen-bond acceptors (Lipinski definition) is 4. The molecule has 0 saturated heterocycles. The third-order valence-corrected chi connectivity index (χ3v) is 3.08. The Bertz CT molecular complexity index is 454. The maximum absolute atomic E-state index is 12.0. The molecule has 1 aromatic carbocycles. The van der Waals surface area contributed by atoms with Crippen LogP contribution in [0.5, 0.6) is 11.5 Å². The highest BCUT2D eigenvalue weighted by Crippen LogP contribution is 2.30. The molecule has 6 heteroatoms. The fourth-order valence-electron chi connectivity index (χ4n) is 1.91. The Hall–Kier alpha value is -1.46. The number of carbonyl (C=O) groups excluding carboxylic acids is 1. The Morgan fingerprint density at radius 3 is 2.70 bits per heavy atom. The number of nitrogens with one attached hydrogen (secondary N) is 1. The Morgan fingerprint density at radius 1 is 1.30 bits per heavy atom. The highest BCUT2D eigenvalue weighted by Gasteiger charge is 2.14. The topological polar surface area (TPSA) is 50.8 Å². The number of likely N-dealkylation sites (N-methyl/N-ethyl adjacent to an activating group) is 2. The summed E-state index contributed by atoms with van der Waals surface area (Å²) in [5, 5.41) is 3.03. The van der Waals surface area contributed by atoms with Crippen LogP contribution in [0.25, 0.3) is 0 Å². The second-order valence-corrected chi connectivity index (χ2v) is 4.57. The van der Waals surface area contributed by atoms with E-state index in [2.05, 4.69) is 5.32 Å². The number of nitrogens with zero attached hydrogens (tertiary/aromatic N) is 1. The maximum atomic E-state index is 12.0. The third-order valence-electron chi connectivity index (χ3n) is 3.08. The second kappa shape index (κ2) is 7.97. The van der Waals surface area contributed by atoms with Gasteiger partial charge in [0.2, 0.25) is 5.91 Å². The van der Waals surface area contributed by atoms with Crippen LogP contribution in [0.4, 0.5) is 0 Å². The van der Waals surface area contributed by atoms with Crippen LogP contribution in [0.15, 0.2) is 18.2 Å². The van der Waals surface area contributed by atoms with Crippen LogP contribution in [0, 0.1) is 0 Å². The zero-order valence-electron chi connectivity index (χ0n) is 11.8. The molecule has 0 fully saturated rings. The molecule has 0 unspecified atom stereocenters. The first-order chi connectivity index (χ1) is 9.20. The molecule has 1 aliphatic heterocycles. The van der Waals surface area contributed by atoms with Gasteiger partial charge in [-0.25, -0.2) is 0 Å². The lowest BCUT2D eigenvalue weighted by molar-refractivity contribution is -0.129. The Labute approximate surface area is 125 Å². The third kappa shape index (κ3) is 4.28. The monoisotopic (exact) mass is 300 g/mol. The highest BCUT2D eigenvalue weighted by atomic mass is 35.5. The minimum absolute atomic E-state index is 0. The highest BCUT2D eigenvalue weighted by molar-refractivity contribution is 5.85. The summed E-state index contributed by atoms with van der Waals surface area (Å²) in [4.78, 5) is 13.7. The fraction of sp³-hybridized carbons (Fsp3) is 0.500. The molecule has 0 bridgehead atoms. The maximum Gasteiger partial charge on any atom is 0.226 e. The Morgan fingerprint density at radius 2 is 2.00 bits per heavy atom. The number of amides is 1. The second-order valence-electron chi connectivity index (χ2n) is 4.57. The number of hydrogen-bond donors (Lipinski definition) is 1. The largest absolute Gasteiger partial charge is 0.486 e. The predicted molar refractivity (Wildman–Crippen MR) is 79.9 cm³/mol. The molecule has 1 heterocycles. The van der Waals surface area contributed by atoms with E-state index in [-0.39, 0.29) is 18.3 Å². The van der Waals surface area contributed by atoms with Crippen molar-refractivity contribution in [1.82, 2.24) is 10.2 Å². The summed E-state index contributed by atoms with van der Waals surface area (Å²) in [6, 6.07) is 5.67. The van der Waals surface area contributed by atoms with E-state index in [0.29, 0.717) is 26.2 Å². The van der Waals surface area contributed by atoms with Gasteiger partial charge in [-0.05, 0) is 24.7 Å². The SMILES string of the molecule is CNCCN(C)C(=O)Cc1ccc2c(c1)OCCO2.Cl. The van der Waals surface area contributed by atoms with Crippen LogP contribution in [0.1, 0.15) is 5.56 Å². The smallest absolute Gasteiger partial charge is 0.226 e. The summed E-state index contributed by atoms with van der Waals surface area (Å²) >= 11 is 0. The van der Waals surface area contributed by atoms with Crippen LogP contribution in [-0.2, 0) is 11.2 Å². The van der Waals surface area contributed by atoms with Crippen molar-refractivity contribution in [2.45, 2.75) is 6.42 Å². The number of fused-ring (bicyclic) bond motifs is 1. The van der Waals surface area contributed by atoms with E-state index >= 15 is 0 Å². The van der Waals surface area contributed by atoms with Gasteiger partial charge in [0.1, 0.15) is 13.2 Å². The zero-order valence-corrected chi connectivity index (χ0v) is 12.7. The van der Waals surface area contributed by atoms with E-state index in [1.807, 2.05) is 32.3 Å². The van der Waals surface area contributed by atoms with Crippen molar-refractivity contribution in [3.8, 4) is 11.5 Å². The minimum atomic E-state index is 0. The van der Waals surface area contributed by atoms with Gasteiger partial charge >= 0.3 is 0 Å². The molecule has 112 valence electrons. The number of carbonyl (C=O) groups is 1. The standard InChI is InChI=1S/C14H20N2O3.ClH/c1-15-5-6-16(2)14(17)10-11-3-4-12-13(9-11)19-8-7-18-12;/h3-4,9,15H,5-8,10H2,1-2H3;1H. The molecule has 1 N–H and O–H groups in total. The van der Waals surface area contributed by atoms with E-state index in [4.69, 9.17) is 9.47 Å². The van der Waals surface area contributed by atoms with Crippen molar-refractivity contribution < 1.29 is 14.3 Å². The van der Waals surface area contributed by atoms with Crippen LogP contribution in [-0.4, -0.2) is 51.2 Å². The first kappa shape index (κ1) is 16.6. The van der Waals surface area contributed by atoms with Crippen LogP contribution < -0.4 is 14.8 Å². The average Bonchev–Trinajstić information content (AvgIpc) is 2.44. The quantitative estimate of drug-likeness (QED) is 0.885. The summed E-state index contributed by atoms with van der Waals surface area (Å²) in [5.41, 5.74) is 0.950. The van der Waals surface area contributed by atoms with Gasteiger partial charge < -0.3 is 19.7 Å². The summed E-state index contributed by atoms with van der Waals surface area (Å²) in [7, 11) is 3.69. The predicted octanol–water partition coefficient (Wildman–Crippen LogP) is 1.10. The fourth-order valence-corrected chi connectivity index (χ4v) is 1.91. The molecule has 1 amide bonds. The molecule has 5 nitrogen and oxygen atoms in total. The lowest BCUT2D eigenvalue weighted by Crippen LogP contribution is -2.33. The number of halogens is 1. The minimum Gasteiger partial charge on any atom is -0.486 e. The summed E-state index contributed by atoms with van der Waals surface area (Å²) < 4.78 is 11.0. The molecular formula is C14H21ClN2O3. The number of rotatable bonds is 5. The van der Waals surface area contributed by atoms with E-state index in [1.165, 1.54) is 0 Å². The zero-order chi connectivity index (χ0) is 13.7. The van der Waals surface area contributed by atoms with Crippen molar-refractivity contribution >= 4 is 18.3 Å². The molecule has 0 spiro atoms. The van der Waals surface area contributed by atoms with Crippen molar-refractivity contribution in [2.24, 2.45) is 0 Å². The first-order valence-electron chi connectivity index (χ1n) is 6.48. The molecule has 20 heavy (non-hydrogen) atoms. The van der Waals surface area contributed by atoms with Crippen molar-refractivity contribution in [2.75, 3.05) is 40.4 Å². The molecule has 0 aliphatic carbocycles. The van der Waals surface area contributed by atoms with Crippen molar-refractivity contribution in [3.63, 3.8) is 0 Å². The number of benzene rings is 1. The van der Waals surface area contributed by atoms with E-state index in [0.717, 1.165) is 23.6 Å². The van der Waals surface area contributed by atoms with Crippen LogP contribution in [0.2, 0.25) is 0 Å². The molecular weight excluding hydrogens is 280 g/mol. The molecule has 1 aromatic rings. The van der Waals surface area contributed by atoms with Gasteiger partial charge in [0.15, 0.2) is 11.5 Å². The van der Waals surface area contributed by atoms with Gasteiger partial charge in [-0.2, -0.15) is 0 Å². The van der Waals surface area contributed by atoms with Gasteiger partial charge in [-0.1, -0.05) is 6.07 Å². The molecule has 0 saturated carbocycles.